The Hall–Kier alpha value is -0.820. The molecule has 0 amide bonds. The fraction of sp³-hybridized carbons (Fsp3) is 0.667. The second kappa shape index (κ2) is 5.28. The highest BCUT2D eigenvalue weighted by Gasteiger charge is 2.40. The summed E-state index contributed by atoms with van der Waals surface area (Å²) in [7, 11) is 0. The van der Waals surface area contributed by atoms with Crippen molar-refractivity contribution in [1.29, 1.82) is 0 Å². The minimum atomic E-state index is 0.641. The molecular weight excluding hydrogens is 230 g/mol. The predicted molar refractivity (Wildman–Crippen MR) is 81.3 cm³/mol. The normalized spacial score (nSPS) is 22.7. The molecule has 19 heavy (non-hydrogen) atoms. The van der Waals surface area contributed by atoms with E-state index in [0.29, 0.717) is 5.92 Å². The zero-order valence-electron chi connectivity index (χ0n) is 12.5. The number of likely N-dealkylation sites (tertiary alicyclic amines) is 1. The van der Waals surface area contributed by atoms with Crippen LogP contribution in [-0.2, 0) is 6.54 Å². The SMILES string of the molecule is CC(C)c1ccc(CN2CCCC3(CCC3)C2)cc1. The fourth-order valence-corrected chi connectivity index (χ4v) is 3.80. The van der Waals surface area contributed by atoms with E-state index in [1.165, 1.54) is 56.3 Å². The van der Waals surface area contributed by atoms with E-state index in [1.54, 1.807) is 0 Å². The summed E-state index contributed by atoms with van der Waals surface area (Å²) in [6.07, 6.45) is 7.32. The highest BCUT2D eigenvalue weighted by atomic mass is 15.1. The monoisotopic (exact) mass is 257 g/mol. The van der Waals surface area contributed by atoms with Gasteiger partial charge in [0.15, 0.2) is 0 Å². The van der Waals surface area contributed by atoms with Crippen molar-refractivity contribution in [2.24, 2.45) is 5.41 Å². The van der Waals surface area contributed by atoms with Gasteiger partial charge in [-0.1, -0.05) is 44.5 Å². The van der Waals surface area contributed by atoms with Crippen molar-refractivity contribution in [3.05, 3.63) is 35.4 Å². The molecule has 0 bridgehead atoms. The summed E-state index contributed by atoms with van der Waals surface area (Å²) in [4.78, 5) is 2.69. The molecule has 1 heterocycles. The van der Waals surface area contributed by atoms with E-state index in [2.05, 4.69) is 43.0 Å². The smallest absolute Gasteiger partial charge is 0.0233 e. The van der Waals surface area contributed by atoms with E-state index in [1.807, 2.05) is 0 Å². The quantitative estimate of drug-likeness (QED) is 0.766. The first-order valence-electron chi connectivity index (χ1n) is 7.98. The molecule has 1 saturated carbocycles. The summed E-state index contributed by atoms with van der Waals surface area (Å²) in [6, 6.07) is 9.28. The van der Waals surface area contributed by atoms with Crippen molar-refractivity contribution in [1.82, 2.24) is 4.90 Å². The second-order valence-corrected chi connectivity index (χ2v) is 7.06. The molecule has 0 N–H and O–H groups in total. The lowest BCUT2D eigenvalue weighted by molar-refractivity contribution is 0.0166. The Labute approximate surface area is 118 Å². The van der Waals surface area contributed by atoms with Gasteiger partial charge in [0.05, 0.1) is 0 Å². The van der Waals surface area contributed by atoms with Crippen LogP contribution in [-0.4, -0.2) is 18.0 Å². The van der Waals surface area contributed by atoms with Gasteiger partial charge in [0.1, 0.15) is 0 Å². The van der Waals surface area contributed by atoms with Crippen molar-refractivity contribution in [3.8, 4) is 0 Å². The molecule has 1 spiro atoms. The molecule has 2 aliphatic rings. The van der Waals surface area contributed by atoms with E-state index in [0.717, 1.165) is 12.0 Å². The van der Waals surface area contributed by atoms with Crippen LogP contribution in [0.2, 0.25) is 0 Å². The van der Waals surface area contributed by atoms with Crippen LogP contribution in [0.4, 0.5) is 0 Å². The second-order valence-electron chi connectivity index (χ2n) is 7.06. The first kappa shape index (κ1) is 13.2. The molecule has 1 heteroatoms. The molecular formula is C18H27N. The van der Waals surface area contributed by atoms with Crippen LogP contribution in [0.3, 0.4) is 0 Å². The summed E-state index contributed by atoms with van der Waals surface area (Å²) >= 11 is 0. The molecule has 1 aromatic carbocycles. The zero-order valence-corrected chi connectivity index (χ0v) is 12.5. The minimum Gasteiger partial charge on any atom is -0.299 e. The third-order valence-corrected chi connectivity index (χ3v) is 5.21. The number of nitrogens with zero attached hydrogens (tertiary/aromatic N) is 1. The van der Waals surface area contributed by atoms with Gasteiger partial charge < -0.3 is 0 Å². The molecule has 3 rings (SSSR count). The van der Waals surface area contributed by atoms with Crippen LogP contribution in [0, 0.1) is 5.41 Å². The molecule has 0 unspecified atom stereocenters. The van der Waals surface area contributed by atoms with Crippen molar-refractivity contribution >= 4 is 0 Å². The van der Waals surface area contributed by atoms with E-state index in [9.17, 15) is 0 Å². The molecule has 104 valence electrons. The molecule has 0 radical (unpaired) electrons. The first-order chi connectivity index (χ1) is 9.17. The van der Waals surface area contributed by atoms with E-state index in [-0.39, 0.29) is 0 Å². The van der Waals surface area contributed by atoms with E-state index >= 15 is 0 Å². The molecule has 1 saturated heterocycles. The van der Waals surface area contributed by atoms with Crippen LogP contribution in [0.5, 0.6) is 0 Å². The number of hydrogen-bond donors (Lipinski definition) is 0. The van der Waals surface area contributed by atoms with Gasteiger partial charge in [0.2, 0.25) is 0 Å². The average Bonchev–Trinajstić information content (AvgIpc) is 2.38. The lowest BCUT2D eigenvalue weighted by atomic mass is 9.64. The number of benzene rings is 1. The van der Waals surface area contributed by atoms with Gasteiger partial charge in [-0.25, -0.2) is 0 Å². The lowest BCUT2D eigenvalue weighted by Gasteiger charge is -2.49. The molecule has 2 fully saturated rings. The number of rotatable bonds is 3. The fourth-order valence-electron chi connectivity index (χ4n) is 3.80. The summed E-state index contributed by atoms with van der Waals surface area (Å²) in [5.41, 5.74) is 3.66. The topological polar surface area (TPSA) is 3.24 Å². The summed E-state index contributed by atoms with van der Waals surface area (Å²) in [5.74, 6) is 0.641. The van der Waals surface area contributed by atoms with Crippen LogP contribution in [0.25, 0.3) is 0 Å². The van der Waals surface area contributed by atoms with Crippen LogP contribution in [0.15, 0.2) is 24.3 Å². The molecule has 1 nitrogen and oxygen atoms in total. The molecule has 1 aliphatic carbocycles. The third kappa shape index (κ3) is 2.86. The van der Waals surface area contributed by atoms with Crippen LogP contribution < -0.4 is 0 Å². The highest BCUT2D eigenvalue weighted by molar-refractivity contribution is 5.24. The van der Waals surface area contributed by atoms with Crippen molar-refractivity contribution in [3.63, 3.8) is 0 Å². The largest absolute Gasteiger partial charge is 0.299 e. The first-order valence-corrected chi connectivity index (χ1v) is 7.98. The highest BCUT2D eigenvalue weighted by Crippen LogP contribution is 2.47. The van der Waals surface area contributed by atoms with Gasteiger partial charge >= 0.3 is 0 Å². The van der Waals surface area contributed by atoms with E-state index < -0.39 is 0 Å². The Morgan fingerprint density at radius 1 is 1.05 bits per heavy atom. The molecule has 1 aromatic rings. The van der Waals surface area contributed by atoms with Gasteiger partial charge in [0.25, 0.3) is 0 Å². The maximum absolute atomic E-state index is 2.69. The molecule has 0 aromatic heterocycles. The molecule has 0 atom stereocenters. The summed E-state index contributed by atoms with van der Waals surface area (Å²) in [5, 5.41) is 0. The van der Waals surface area contributed by atoms with Gasteiger partial charge in [-0.05, 0) is 54.7 Å². The maximum Gasteiger partial charge on any atom is 0.0233 e. The average molecular weight is 257 g/mol. The zero-order chi connectivity index (χ0) is 13.3. The minimum absolute atomic E-state index is 0.641. The van der Waals surface area contributed by atoms with Crippen molar-refractivity contribution in [2.45, 2.75) is 58.4 Å². The Morgan fingerprint density at radius 2 is 1.74 bits per heavy atom. The van der Waals surface area contributed by atoms with Gasteiger partial charge in [0, 0.05) is 13.1 Å². The van der Waals surface area contributed by atoms with Crippen molar-refractivity contribution in [2.75, 3.05) is 13.1 Å². The number of hydrogen-bond acceptors (Lipinski definition) is 1. The van der Waals surface area contributed by atoms with Gasteiger partial charge in [-0.15, -0.1) is 0 Å². The summed E-state index contributed by atoms with van der Waals surface area (Å²) in [6.45, 7) is 8.33. The lowest BCUT2D eigenvalue weighted by Crippen LogP contribution is -2.46. The Balaban J connectivity index is 1.61. The van der Waals surface area contributed by atoms with Crippen LogP contribution >= 0.6 is 0 Å². The predicted octanol–water partition coefficient (Wildman–Crippen LogP) is 4.58. The molecule has 1 aliphatic heterocycles. The van der Waals surface area contributed by atoms with E-state index in [4.69, 9.17) is 0 Å². The van der Waals surface area contributed by atoms with Gasteiger partial charge in [-0.3, -0.25) is 4.90 Å². The maximum atomic E-state index is 2.69. The van der Waals surface area contributed by atoms with Crippen LogP contribution in [0.1, 0.15) is 63.0 Å². The van der Waals surface area contributed by atoms with Crippen molar-refractivity contribution < 1.29 is 0 Å². The van der Waals surface area contributed by atoms with Gasteiger partial charge in [-0.2, -0.15) is 0 Å². The Bertz CT molecular complexity index is 414. The third-order valence-electron chi connectivity index (χ3n) is 5.21. The summed E-state index contributed by atoms with van der Waals surface area (Å²) < 4.78 is 0. The Kier molecular flexibility index (Phi) is 3.66. The standard InChI is InChI=1S/C18H27N/c1-15(2)17-7-5-16(6-8-17)13-19-12-4-11-18(14-19)9-3-10-18/h5-8,15H,3-4,9-14H2,1-2H3. The number of piperidine rings is 1. The Morgan fingerprint density at radius 3 is 2.32 bits per heavy atom.